The summed E-state index contributed by atoms with van der Waals surface area (Å²) in [5.41, 5.74) is 17.5. The van der Waals surface area contributed by atoms with Crippen molar-refractivity contribution in [2.24, 2.45) is 0 Å². The molecule has 0 bridgehead atoms. The van der Waals surface area contributed by atoms with Crippen molar-refractivity contribution in [3.05, 3.63) is 169 Å². The lowest BCUT2D eigenvalue weighted by molar-refractivity contribution is 0.947. The number of fused-ring (bicyclic) bond motifs is 4. The molecule has 2 aliphatic carbocycles. The first kappa shape index (κ1) is 23.7. The fourth-order valence-corrected chi connectivity index (χ4v) is 6.81. The Labute approximate surface area is 231 Å². The van der Waals surface area contributed by atoms with Crippen molar-refractivity contribution in [2.75, 3.05) is 0 Å². The van der Waals surface area contributed by atoms with Crippen LogP contribution in [0.3, 0.4) is 0 Å². The van der Waals surface area contributed by atoms with Crippen molar-refractivity contribution >= 4 is 17.7 Å². The molecule has 0 nitrogen and oxygen atoms in total. The molecule has 1 unspecified atom stereocenters. The lowest BCUT2D eigenvalue weighted by Crippen LogP contribution is -2.26. The predicted octanol–water partition coefficient (Wildman–Crippen LogP) is 8.22. The van der Waals surface area contributed by atoms with E-state index in [1.807, 2.05) is 0 Å². The number of hydrogen-bond acceptors (Lipinski definition) is 0. The quantitative estimate of drug-likeness (QED) is 0.230. The van der Waals surface area contributed by atoms with Gasteiger partial charge >= 0.3 is 0 Å². The maximum atomic E-state index is 2.46. The Morgan fingerprint density at radius 3 is 2.00 bits per heavy atom. The van der Waals surface area contributed by atoms with Crippen LogP contribution >= 0.6 is 0 Å². The van der Waals surface area contributed by atoms with Gasteiger partial charge in [0.15, 0.2) is 0 Å². The van der Waals surface area contributed by atoms with Crippen molar-refractivity contribution in [2.45, 2.75) is 33.6 Å². The third-order valence-electron chi connectivity index (χ3n) is 8.65. The normalized spacial score (nSPS) is 14.8. The molecule has 0 heteroatoms. The standard InChI is InChI=1S/C39H32/c1-24-18-19-31-30(20-24)22-36-35(31)23-34(39(28-13-7-5-8-14-28)29-15-9-6-10-16-29)27(4)38(36)37-26(3)21-33-25(2)12-11-17-32(33)37/h5-23,37H,1-4H3. The molecule has 0 aliphatic heterocycles. The minimum absolute atomic E-state index is 0.244. The van der Waals surface area contributed by atoms with E-state index in [0.29, 0.717) is 0 Å². The summed E-state index contributed by atoms with van der Waals surface area (Å²) in [6.45, 7) is 9.09. The fourth-order valence-electron chi connectivity index (χ4n) is 6.81. The van der Waals surface area contributed by atoms with Gasteiger partial charge in [-0.25, -0.2) is 0 Å². The maximum absolute atomic E-state index is 2.46. The second-order valence-corrected chi connectivity index (χ2v) is 11.2. The molecule has 0 saturated carbocycles. The molecule has 5 aromatic carbocycles. The summed E-state index contributed by atoms with van der Waals surface area (Å²) in [4.78, 5) is 0. The highest BCUT2D eigenvalue weighted by Gasteiger charge is 2.30. The van der Waals surface area contributed by atoms with Crippen LogP contribution < -0.4 is 10.4 Å². The van der Waals surface area contributed by atoms with Crippen LogP contribution in [0.15, 0.2) is 109 Å². The first-order valence-corrected chi connectivity index (χ1v) is 13.9. The van der Waals surface area contributed by atoms with Crippen LogP contribution in [0, 0.1) is 20.8 Å². The fraction of sp³-hybridized carbons (Fsp3) is 0.128. The summed E-state index contributed by atoms with van der Waals surface area (Å²) < 4.78 is 0. The highest BCUT2D eigenvalue weighted by Crippen LogP contribution is 2.43. The second-order valence-electron chi connectivity index (χ2n) is 11.2. The molecule has 39 heavy (non-hydrogen) atoms. The average Bonchev–Trinajstić information content (AvgIpc) is 3.47. The second kappa shape index (κ2) is 9.10. The van der Waals surface area contributed by atoms with Crippen molar-refractivity contribution in [3.63, 3.8) is 0 Å². The van der Waals surface area contributed by atoms with Gasteiger partial charge in [0.25, 0.3) is 0 Å². The molecular formula is C39H32. The van der Waals surface area contributed by atoms with E-state index in [0.717, 1.165) is 0 Å². The SMILES string of the molecule is CC1=Cc2c(C)cccc2C1c1c(C)c(=C(c2ccccc2)c2ccccc2)cc2c1=Cc1cc(C)ccc1-2. The van der Waals surface area contributed by atoms with E-state index in [1.54, 1.807) is 0 Å². The van der Waals surface area contributed by atoms with E-state index < -0.39 is 0 Å². The lowest BCUT2D eigenvalue weighted by Gasteiger charge is -2.22. The van der Waals surface area contributed by atoms with Crippen LogP contribution in [0.1, 0.15) is 62.9 Å². The van der Waals surface area contributed by atoms with Gasteiger partial charge in [-0.2, -0.15) is 0 Å². The molecule has 1 atom stereocenters. The smallest absolute Gasteiger partial charge is 0.0314 e. The maximum Gasteiger partial charge on any atom is 0.0314 e. The lowest BCUT2D eigenvalue weighted by atomic mass is 9.81. The van der Waals surface area contributed by atoms with E-state index in [9.17, 15) is 0 Å². The minimum Gasteiger partial charge on any atom is -0.0622 e. The van der Waals surface area contributed by atoms with Crippen LogP contribution in [0.4, 0.5) is 0 Å². The number of aryl methyl sites for hydroxylation is 2. The molecule has 0 spiro atoms. The van der Waals surface area contributed by atoms with Gasteiger partial charge in [0, 0.05) is 5.92 Å². The highest BCUT2D eigenvalue weighted by atomic mass is 14.3. The Hall–Kier alpha value is -4.42. The van der Waals surface area contributed by atoms with Crippen LogP contribution in [0.5, 0.6) is 0 Å². The van der Waals surface area contributed by atoms with Crippen molar-refractivity contribution in [1.29, 1.82) is 0 Å². The topological polar surface area (TPSA) is 0 Å². The molecule has 0 aromatic heterocycles. The van der Waals surface area contributed by atoms with Crippen LogP contribution in [-0.2, 0) is 0 Å². The van der Waals surface area contributed by atoms with Crippen LogP contribution in [0.2, 0.25) is 0 Å². The molecule has 0 N–H and O–H groups in total. The number of allylic oxidation sites excluding steroid dienone is 1. The van der Waals surface area contributed by atoms with Gasteiger partial charge in [-0.1, -0.05) is 114 Å². The summed E-state index contributed by atoms with van der Waals surface area (Å²) in [5.74, 6) is 0.244. The number of benzene rings is 5. The molecule has 0 saturated heterocycles. The first-order chi connectivity index (χ1) is 19.0. The predicted molar refractivity (Wildman–Crippen MR) is 165 cm³/mol. The number of rotatable bonds is 3. The van der Waals surface area contributed by atoms with Gasteiger partial charge in [0.1, 0.15) is 0 Å². The zero-order chi connectivity index (χ0) is 26.7. The summed E-state index contributed by atoms with van der Waals surface area (Å²) in [5, 5.41) is 2.70. The molecule has 0 heterocycles. The Balaban J connectivity index is 1.66. The zero-order valence-corrected chi connectivity index (χ0v) is 23.0. The summed E-state index contributed by atoms with van der Waals surface area (Å²) >= 11 is 0. The average molecular weight is 501 g/mol. The van der Waals surface area contributed by atoms with E-state index in [4.69, 9.17) is 0 Å². The van der Waals surface area contributed by atoms with E-state index in [-0.39, 0.29) is 5.92 Å². The highest BCUT2D eigenvalue weighted by molar-refractivity contribution is 5.88. The molecular weight excluding hydrogens is 468 g/mol. The molecule has 2 aliphatic rings. The van der Waals surface area contributed by atoms with Crippen molar-refractivity contribution < 1.29 is 0 Å². The van der Waals surface area contributed by atoms with Crippen LogP contribution in [0.25, 0.3) is 28.9 Å². The van der Waals surface area contributed by atoms with E-state index in [1.165, 1.54) is 82.8 Å². The van der Waals surface area contributed by atoms with Crippen LogP contribution in [-0.4, -0.2) is 0 Å². The van der Waals surface area contributed by atoms with Gasteiger partial charge < -0.3 is 0 Å². The summed E-state index contributed by atoms with van der Waals surface area (Å²) in [7, 11) is 0. The Morgan fingerprint density at radius 2 is 1.31 bits per heavy atom. The van der Waals surface area contributed by atoms with Crippen molar-refractivity contribution in [3.8, 4) is 11.1 Å². The minimum atomic E-state index is 0.244. The molecule has 7 rings (SSSR count). The third kappa shape index (κ3) is 3.74. The molecule has 5 aromatic rings. The largest absolute Gasteiger partial charge is 0.0622 e. The third-order valence-corrected chi connectivity index (χ3v) is 8.65. The van der Waals surface area contributed by atoms with Gasteiger partial charge in [0.05, 0.1) is 0 Å². The Morgan fingerprint density at radius 1 is 0.615 bits per heavy atom. The molecule has 0 fully saturated rings. The monoisotopic (exact) mass is 500 g/mol. The van der Waals surface area contributed by atoms with E-state index in [2.05, 4.69) is 143 Å². The molecule has 188 valence electrons. The zero-order valence-electron chi connectivity index (χ0n) is 23.0. The van der Waals surface area contributed by atoms with Gasteiger partial charge in [-0.05, 0) is 111 Å². The van der Waals surface area contributed by atoms with E-state index >= 15 is 0 Å². The summed E-state index contributed by atoms with van der Waals surface area (Å²) in [6.07, 6.45) is 4.86. The van der Waals surface area contributed by atoms with Gasteiger partial charge in [0.2, 0.25) is 0 Å². The Bertz CT molecular complexity index is 1880. The van der Waals surface area contributed by atoms with Gasteiger partial charge in [-0.15, -0.1) is 0 Å². The molecule has 0 amide bonds. The van der Waals surface area contributed by atoms with Crippen molar-refractivity contribution in [1.82, 2.24) is 0 Å². The Kier molecular flexibility index (Phi) is 5.53. The summed E-state index contributed by atoms with van der Waals surface area (Å²) in [6, 6.07) is 38.0. The van der Waals surface area contributed by atoms with Gasteiger partial charge in [-0.3, -0.25) is 0 Å². The molecule has 0 radical (unpaired) electrons. The first-order valence-electron chi connectivity index (χ1n) is 13.9. The number of hydrogen-bond donors (Lipinski definition) is 0.